The number of carbonyl (C=O) groups is 1. The van der Waals surface area contributed by atoms with Crippen molar-refractivity contribution in [3.8, 4) is 11.5 Å². The van der Waals surface area contributed by atoms with Gasteiger partial charge in [0.15, 0.2) is 6.61 Å². The van der Waals surface area contributed by atoms with E-state index < -0.39 is 16.0 Å². The molecule has 1 heterocycles. The SMILES string of the molecule is Cc1ccc(N(C)S(=O)(=O)c2cccc(C(=O)OCc3nnc(-c4ccc(Cl)cc4)o3)c2)cc1. The highest BCUT2D eigenvalue weighted by atomic mass is 35.5. The van der Waals surface area contributed by atoms with Crippen LogP contribution in [0, 0.1) is 6.92 Å². The number of hydrogen-bond donors (Lipinski definition) is 0. The molecule has 34 heavy (non-hydrogen) atoms. The molecule has 0 N–H and O–H groups in total. The van der Waals surface area contributed by atoms with Crippen LogP contribution in [0.15, 0.2) is 82.1 Å². The summed E-state index contributed by atoms with van der Waals surface area (Å²) in [5.74, 6) is -0.364. The van der Waals surface area contributed by atoms with Crippen molar-refractivity contribution in [2.75, 3.05) is 11.4 Å². The number of aromatic nitrogens is 2. The average Bonchev–Trinajstić information content (AvgIpc) is 3.32. The number of aryl methyl sites for hydroxylation is 1. The second-order valence-corrected chi connectivity index (χ2v) is 9.83. The molecule has 0 spiro atoms. The van der Waals surface area contributed by atoms with Crippen LogP contribution >= 0.6 is 11.6 Å². The maximum absolute atomic E-state index is 13.1. The van der Waals surface area contributed by atoms with Crippen LogP contribution in [-0.2, 0) is 21.4 Å². The number of anilines is 1. The Hall–Kier alpha value is -3.69. The zero-order valence-electron chi connectivity index (χ0n) is 18.3. The zero-order chi connectivity index (χ0) is 24.3. The van der Waals surface area contributed by atoms with E-state index in [9.17, 15) is 13.2 Å². The average molecular weight is 498 g/mol. The molecule has 0 saturated carbocycles. The van der Waals surface area contributed by atoms with Crippen LogP contribution in [-0.4, -0.2) is 31.6 Å². The zero-order valence-corrected chi connectivity index (χ0v) is 19.9. The Labute approximate surface area is 201 Å². The first kappa shape index (κ1) is 23.5. The Kier molecular flexibility index (Phi) is 6.67. The fraction of sp³-hybridized carbons (Fsp3) is 0.125. The van der Waals surface area contributed by atoms with Gasteiger partial charge in [-0.2, -0.15) is 0 Å². The number of ether oxygens (including phenoxy) is 1. The van der Waals surface area contributed by atoms with Crippen molar-refractivity contribution in [2.45, 2.75) is 18.4 Å². The van der Waals surface area contributed by atoms with Crippen molar-refractivity contribution in [1.82, 2.24) is 10.2 Å². The van der Waals surface area contributed by atoms with Gasteiger partial charge in [0.05, 0.1) is 16.1 Å². The van der Waals surface area contributed by atoms with E-state index in [0.717, 1.165) is 9.87 Å². The molecule has 0 bridgehead atoms. The largest absolute Gasteiger partial charge is 0.452 e. The highest BCUT2D eigenvalue weighted by Gasteiger charge is 2.23. The third-order valence-electron chi connectivity index (χ3n) is 5.01. The number of carbonyl (C=O) groups excluding carboxylic acids is 1. The molecule has 0 saturated heterocycles. The summed E-state index contributed by atoms with van der Waals surface area (Å²) in [6.45, 7) is 1.65. The molecule has 4 aromatic rings. The van der Waals surface area contributed by atoms with Crippen LogP contribution in [0.1, 0.15) is 21.8 Å². The first-order valence-electron chi connectivity index (χ1n) is 10.1. The minimum Gasteiger partial charge on any atom is -0.452 e. The lowest BCUT2D eigenvalue weighted by molar-refractivity contribution is 0.0438. The topological polar surface area (TPSA) is 103 Å². The van der Waals surface area contributed by atoms with E-state index in [1.165, 1.54) is 31.3 Å². The molecule has 1 aromatic heterocycles. The summed E-state index contributed by atoms with van der Waals surface area (Å²) >= 11 is 5.88. The van der Waals surface area contributed by atoms with Gasteiger partial charge in [0.2, 0.25) is 5.89 Å². The van der Waals surface area contributed by atoms with E-state index >= 15 is 0 Å². The Bertz CT molecular complexity index is 1420. The van der Waals surface area contributed by atoms with Crippen LogP contribution in [0.3, 0.4) is 0 Å². The van der Waals surface area contributed by atoms with Gasteiger partial charge in [-0.15, -0.1) is 10.2 Å². The molecule has 174 valence electrons. The van der Waals surface area contributed by atoms with Gasteiger partial charge < -0.3 is 9.15 Å². The normalized spacial score (nSPS) is 11.3. The highest BCUT2D eigenvalue weighted by molar-refractivity contribution is 7.92. The van der Waals surface area contributed by atoms with E-state index in [2.05, 4.69) is 10.2 Å². The van der Waals surface area contributed by atoms with Crippen molar-refractivity contribution >= 4 is 33.3 Å². The fourth-order valence-corrected chi connectivity index (χ4v) is 4.43. The molecular formula is C24H20ClN3O5S. The molecule has 0 atom stereocenters. The Balaban J connectivity index is 1.46. The van der Waals surface area contributed by atoms with Gasteiger partial charge in [-0.05, 0) is 61.5 Å². The van der Waals surface area contributed by atoms with Crippen LogP contribution < -0.4 is 4.31 Å². The van der Waals surface area contributed by atoms with Gasteiger partial charge >= 0.3 is 5.97 Å². The predicted molar refractivity (Wildman–Crippen MR) is 127 cm³/mol. The summed E-state index contributed by atoms with van der Waals surface area (Å²) in [7, 11) is -2.43. The molecule has 0 amide bonds. The number of sulfonamides is 1. The van der Waals surface area contributed by atoms with Crippen LogP contribution in [0.4, 0.5) is 5.69 Å². The third kappa shape index (κ3) is 5.11. The molecule has 0 aliphatic carbocycles. The molecular weight excluding hydrogens is 478 g/mol. The molecule has 3 aromatic carbocycles. The highest BCUT2D eigenvalue weighted by Crippen LogP contribution is 2.24. The maximum Gasteiger partial charge on any atom is 0.338 e. The van der Waals surface area contributed by atoms with Crippen molar-refractivity contribution in [2.24, 2.45) is 0 Å². The van der Waals surface area contributed by atoms with Gasteiger partial charge in [0.1, 0.15) is 0 Å². The second kappa shape index (κ2) is 9.66. The second-order valence-electron chi connectivity index (χ2n) is 7.42. The summed E-state index contributed by atoms with van der Waals surface area (Å²) < 4.78 is 38.0. The Morgan fingerprint density at radius 2 is 1.74 bits per heavy atom. The van der Waals surface area contributed by atoms with E-state index in [0.29, 0.717) is 16.3 Å². The molecule has 0 fully saturated rings. The van der Waals surface area contributed by atoms with E-state index in [1.807, 2.05) is 19.1 Å². The van der Waals surface area contributed by atoms with Crippen LogP contribution in [0.5, 0.6) is 0 Å². The van der Waals surface area contributed by atoms with Crippen molar-refractivity contribution < 1.29 is 22.4 Å². The van der Waals surface area contributed by atoms with Gasteiger partial charge in [0, 0.05) is 17.6 Å². The molecule has 0 radical (unpaired) electrons. The molecule has 4 rings (SSSR count). The molecule has 10 heteroatoms. The van der Waals surface area contributed by atoms with Crippen LogP contribution in [0.25, 0.3) is 11.5 Å². The number of esters is 1. The van der Waals surface area contributed by atoms with Crippen molar-refractivity contribution in [1.29, 1.82) is 0 Å². The summed E-state index contributed by atoms with van der Waals surface area (Å²) in [4.78, 5) is 12.5. The van der Waals surface area contributed by atoms with Crippen molar-refractivity contribution in [3.05, 3.63) is 94.8 Å². The minimum atomic E-state index is -3.88. The summed E-state index contributed by atoms with van der Waals surface area (Å²) in [5.41, 5.74) is 2.27. The lowest BCUT2D eigenvalue weighted by atomic mass is 10.2. The fourth-order valence-electron chi connectivity index (χ4n) is 3.07. The first-order valence-corrected chi connectivity index (χ1v) is 12.0. The molecule has 8 nitrogen and oxygen atoms in total. The number of rotatable bonds is 7. The van der Waals surface area contributed by atoms with Gasteiger partial charge in [0.25, 0.3) is 15.9 Å². The quantitative estimate of drug-likeness (QED) is 0.335. The lowest BCUT2D eigenvalue weighted by Gasteiger charge is -2.20. The first-order chi connectivity index (χ1) is 16.2. The number of nitrogens with zero attached hydrogens (tertiary/aromatic N) is 3. The monoisotopic (exact) mass is 497 g/mol. The Morgan fingerprint density at radius 1 is 1.03 bits per heavy atom. The standard InChI is InChI=1S/C24H20ClN3O5S/c1-16-6-12-20(13-7-16)28(2)34(30,31)21-5-3-4-18(14-21)24(29)32-15-22-26-27-23(33-22)17-8-10-19(25)11-9-17/h3-14H,15H2,1-2H3. The summed E-state index contributed by atoms with van der Waals surface area (Å²) in [5, 5.41) is 8.38. The number of hydrogen-bond acceptors (Lipinski definition) is 7. The number of benzene rings is 3. The van der Waals surface area contributed by atoms with Gasteiger partial charge in [-0.1, -0.05) is 35.4 Å². The number of halogens is 1. The van der Waals surface area contributed by atoms with Crippen molar-refractivity contribution in [3.63, 3.8) is 0 Å². The third-order valence-corrected chi connectivity index (χ3v) is 7.04. The van der Waals surface area contributed by atoms with Crippen LogP contribution in [0.2, 0.25) is 5.02 Å². The summed E-state index contributed by atoms with van der Waals surface area (Å²) in [6.07, 6.45) is 0. The van der Waals surface area contributed by atoms with Gasteiger partial charge in [-0.25, -0.2) is 13.2 Å². The lowest BCUT2D eigenvalue weighted by Crippen LogP contribution is -2.26. The van der Waals surface area contributed by atoms with E-state index in [1.54, 1.807) is 36.4 Å². The summed E-state index contributed by atoms with van der Waals surface area (Å²) in [6, 6.07) is 19.6. The van der Waals surface area contributed by atoms with Gasteiger partial charge in [-0.3, -0.25) is 4.31 Å². The molecule has 0 unspecified atom stereocenters. The maximum atomic E-state index is 13.1. The predicted octanol–water partition coefficient (Wildman–Crippen LogP) is 4.88. The minimum absolute atomic E-state index is 0.0344. The van der Waals surface area contributed by atoms with E-state index in [4.69, 9.17) is 20.8 Å². The molecule has 0 aliphatic heterocycles. The smallest absolute Gasteiger partial charge is 0.338 e. The van der Waals surface area contributed by atoms with E-state index in [-0.39, 0.29) is 28.8 Å². The molecule has 0 aliphatic rings. The Morgan fingerprint density at radius 3 is 2.44 bits per heavy atom.